The minimum atomic E-state index is -4.46. The molecule has 19 heteroatoms. The first-order valence-electron chi connectivity index (χ1n) is 26.9. The van der Waals surface area contributed by atoms with Gasteiger partial charge in [-0.1, -0.05) is 71.1 Å². The van der Waals surface area contributed by atoms with Gasteiger partial charge in [0.25, 0.3) is 11.7 Å². The van der Waals surface area contributed by atoms with Gasteiger partial charge in [-0.15, -0.1) is 0 Å². The summed E-state index contributed by atoms with van der Waals surface area (Å²) in [4.78, 5) is 72.4. The molecule has 1 aliphatic carbocycles. The van der Waals surface area contributed by atoms with Crippen LogP contribution in [0.5, 0.6) is 0 Å². The number of carbonyl (C=O) groups excluding carboxylic acids is 5. The molecule has 16 nitrogen and oxygen atoms in total. The molecular formula is C56H86F3NO15. The molecule has 0 aromatic heterocycles. The summed E-state index contributed by atoms with van der Waals surface area (Å²) in [5, 5.41) is 34.1. The SMILES string of the molecule is CO[C@@H]1C[C@H](C[C@@H](C)[C@@H]2CC(=O)[C@H](C)/C=C(\C)[C@@H](O)[C@@H](OC)C(=O)[C@H](C)C[C@H](C)/C=C/C=C/C=C(\C)[C@@H](OCCOCCOCC(F)(F)F)C[C@@H]3CC[C@@H](C)[C@@](O)(O3)C(=O)C(=O)N3CCCC[C@H]3C(=O)O2)CC[C@H]1O. The zero-order valence-corrected chi connectivity index (χ0v) is 45.6. The molecule has 2 saturated heterocycles. The molecule has 0 aromatic rings. The number of aliphatic hydroxyl groups excluding tert-OH is 2. The maximum absolute atomic E-state index is 14.5. The Balaban J connectivity index is 1.68. The molecule has 3 N–H and O–H groups in total. The van der Waals surface area contributed by atoms with E-state index < -0.39 is 96.6 Å². The van der Waals surface area contributed by atoms with Crippen molar-refractivity contribution in [3.63, 3.8) is 0 Å². The van der Waals surface area contributed by atoms with Gasteiger partial charge in [0.15, 0.2) is 5.78 Å². The lowest BCUT2D eigenvalue weighted by molar-refractivity contribution is -0.266. The fourth-order valence-electron chi connectivity index (χ4n) is 10.7. The normalized spacial score (nSPS) is 36.9. The predicted octanol–water partition coefficient (Wildman–Crippen LogP) is 7.15. The summed E-state index contributed by atoms with van der Waals surface area (Å²) in [5.74, 6) is -8.80. The van der Waals surface area contributed by atoms with E-state index in [4.69, 9.17) is 28.4 Å². The molecule has 0 radical (unpaired) electrons. The molecule has 0 unspecified atom stereocenters. The second-order valence-corrected chi connectivity index (χ2v) is 21.5. The number of ketones is 3. The lowest BCUT2D eigenvalue weighted by Crippen LogP contribution is -2.61. The van der Waals surface area contributed by atoms with E-state index in [9.17, 15) is 52.5 Å². The lowest BCUT2D eigenvalue weighted by Gasteiger charge is -2.43. The van der Waals surface area contributed by atoms with Crippen molar-refractivity contribution in [2.45, 2.75) is 186 Å². The van der Waals surface area contributed by atoms with Gasteiger partial charge in [0.2, 0.25) is 5.79 Å². The molecule has 1 saturated carbocycles. The average molecular weight is 1070 g/mol. The Morgan fingerprint density at radius 3 is 2.24 bits per heavy atom. The number of alkyl halides is 3. The monoisotopic (exact) mass is 1070 g/mol. The molecule has 3 fully saturated rings. The minimum Gasteiger partial charge on any atom is -0.460 e. The van der Waals surface area contributed by atoms with Gasteiger partial charge in [-0.05, 0) is 107 Å². The number of hydrogen-bond acceptors (Lipinski definition) is 15. The smallest absolute Gasteiger partial charge is 0.411 e. The van der Waals surface area contributed by atoms with Gasteiger partial charge in [0.05, 0.1) is 50.8 Å². The number of halogens is 3. The number of fused-ring (bicyclic) bond motifs is 3. The van der Waals surface area contributed by atoms with Gasteiger partial charge in [-0.3, -0.25) is 19.2 Å². The molecule has 3 heterocycles. The molecule has 4 rings (SSSR count). The number of cyclic esters (lactones) is 1. The summed E-state index contributed by atoms with van der Waals surface area (Å²) in [7, 11) is 2.89. The van der Waals surface area contributed by atoms with E-state index in [-0.39, 0.29) is 87.7 Å². The van der Waals surface area contributed by atoms with Crippen LogP contribution in [0.1, 0.15) is 126 Å². The molecule has 426 valence electrons. The van der Waals surface area contributed by atoms with Crippen molar-refractivity contribution >= 4 is 29.2 Å². The number of methoxy groups -OCH3 is 2. The number of nitrogens with zero attached hydrogens (tertiary/aromatic N) is 1. The fraction of sp³-hybridized carbons (Fsp3) is 0.768. The Kier molecular flexibility index (Phi) is 26.0. The summed E-state index contributed by atoms with van der Waals surface area (Å²) in [5.41, 5.74) is 1.07. The number of rotatable bonds is 13. The molecule has 3 aliphatic heterocycles. The van der Waals surface area contributed by atoms with Crippen molar-refractivity contribution < 1.29 is 85.6 Å². The summed E-state index contributed by atoms with van der Waals surface area (Å²) < 4.78 is 77.4. The summed E-state index contributed by atoms with van der Waals surface area (Å²) in [6.07, 6.45) is 4.79. The van der Waals surface area contributed by atoms with Crippen molar-refractivity contribution in [2.24, 2.45) is 35.5 Å². The summed E-state index contributed by atoms with van der Waals surface area (Å²) in [6.45, 7) is 10.6. The van der Waals surface area contributed by atoms with Gasteiger partial charge in [-0.2, -0.15) is 13.2 Å². The van der Waals surface area contributed by atoms with E-state index in [0.29, 0.717) is 63.4 Å². The Bertz CT molecular complexity index is 1990. The lowest BCUT2D eigenvalue weighted by atomic mass is 9.78. The second kappa shape index (κ2) is 30.5. The third-order valence-electron chi connectivity index (χ3n) is 15.4. The van der Waals surface area contributed by atoms with Crippen molar-refractivity contribution in [1.82, 2.24) is 4.90 Å². The maximum Gasteiger partial charge on any atom is 0.411 e. The highest BCUT2D eigenvalue weighted by Crippen LogP contribution is 2.38. The van der Waals surface area contributed by atoms with E-state index in [1.54, 1.807) is 53.0 Å². The maximum atomic E-state index is 14.5. The van der Waals surface area contributed by atoms with E-state index in [1.165, 1.54) is 7.11 Å². The van der Waals surface area contributed by atoms with Crippen LogP contribution in [0.25, 0.3) is 0 Å². The number of ether oxygens (including phenoxy) is 7. The number of amides is 1. The molecule has 75 heavy (non-hydrogen) atoms. The second-order valence-electron chi connectivity index (χ2n) is 21.5. The van der Waals surface area contributed by atoms with Crippen LogP contribution in [-0.2, 0) is 57.1 Å². The molecule has 1 amide bonds. The first kappa shape index (κ1) is 63.9. The van der Waals surface area contributed by atoms with Crippen molar-refractivity contribution in [3.05, 3.63) is 47.6 Å². The van der Waals surface area contributed by atoms with Crippen LogP contribution < -0.4 is 0 Å². The Labute approximate surface area is 441 Å². The third kappa shape index (κ3) is 19.3. The molecule has 0 aromatic carbocycles. The fourth-order valence-corrected chi connectivity index (χ4v) is 10.7. The zero-order valence-electron chi connectivity index (χ0n) is 45.6. The number of hydrogen-bond donors (Lipinski definition) is 3. The van der Waals surface area contributed by atoms with Crippen molar-refractivity contribution in [3.8, 4) is 0 Å². The Morgan fingerprint density at radius 1 is 0.840 bits per heavy atom. The van der Waals surface area contributed by atoms with E-state index in [1.807, 2.05) is 39.0 Å². The number of allylic oxidation sites excluding steroid dienone is 6. The topological polar surface area (TPSA) is 214 Å². The first-order valence-corrected chi connectivity index (χ1v) is 26.9. The molecule has 4 aliphatic rings. The highest BCUT2D eigenvalue weighted by Gasteiger charge is 2.53. The van der Waals surface area contributed by atoms with Crippen LogP contribution in [0.4, 0.5) is 13.2 Å². The Hall–Kier alpha value is -3.66. The van der Waals surface area contributed by atoms with Crippen LogP contribution in [-0.4, -0.2) is 164 Å². The summed E-state index contributed by atoms with van der Waals surface area (Å²) >= 11 is 0. The van der Waals surface area contributed by atoms with Crippen molar-refractivity contribution in [2.75, 3.05) is 53.8 Å². The van der Waals surface area contributed by atoms with Gasteiger partial charge in [0.1, 0.15) is 36.7 Å². The van der Waals surface area contributed by atoms with E-state index in [2.05, 4.69) is 4.74 Å². The van der Waals surface area contributed by atoms with Crippen molar-refractivity contribution in [1.29, 1.82) is 0 Å². The van der Waals surface area contributed by atoms with Crippen LogP contribution >= 0.6 is 0 Å². The van der Waals surface area contributed by atoms with Crippen LogP contribution in [0, 0.1) is 35.5 Å². The molecule has 2 bridgehead atoms. The van der Waals surface area contributed by atoms with Crippen LogP contribution in [0.15, 0.2) is 47.6 Å². The number of Topliss-reactive ketones (excluding diaryl/α,β-unsaturated/α-hetero) is 3. The number of piperidine rings is 1. The molecular weight excluding hydrogens is 984 g/mol. The van der Waals surface area contributed by atoms with E-state index >= 15 is 0 Å². The number of aliphatic hydroxyl groups is 3. The summed E-state index contributed by atoms with van der Waals surface area (Å²) in [6, 6.07) is -1.22. The van der Waals surface area contributed by atoms with Gasteiger partial charge in [0, 0.05) is 51.4 Å². The van der Waals surface area contributed by atoms with Gasteiger partial charge >= 0.3 is 12.1 Å². The number of carbonyl (C=O) groups is 5. The molecule has 0 spiro atoms. The van der Waals surface area contributed by atoms with Gasteiger partial charge in [-0.25, -0.2) is 4.79 Å². The highest BCUT2D eigenvalue weighted by atomic mass is 19.4. The largest absolute Gasteiger partial charge is 0.460 e. The zero-order chi connectivity index (χ0) is 55.6. The quantitative estimate of drug-likeness (QED) is 0.0723. The Morgan fingerprint density at radius 2 is 1.55 bits per heavy atom. The number of esters is 1. The van der Waals surface area contributed by atoms with Crippen LogP contribution in [0.2, 0.25) is 0 Å². The predicted molar refractivity (Wildman–Crippen MR) is 272 cm³/mol. The average Bonchev–Trinajstić information content (AvgIpc) is 3.36. The third-order valence-corrected chi connectivity index (χ3v) is 15.4. The standard InChI is InChI=1S/C56H86F3NO15/c1-34-15-11-10-12-16-35(2)46(73-26-25-71-23-24-72-33-55(57,58)59)31-42-20-18-40(7)56(68,75-42)52(65)53(66)60-22-14-13-17-43(60)54(67)74-47(37(4)29-41-19-21-44(61)48(30-41)69-8)32-45(62)36(3)28-39(6)50(64)51(70-9)49(63)38(5)27-34/h10-12,15-16,28,34,36-38,40-44,46-48,50-51,61,64,68H,13-14,17-27,29-33H2,1-9H3/b12-10+,15-11+,35-16+,39-28+/t34-,36-,37-,38-,40-,41+,42+,43+,44-,46+,47+,48-,50-,51+,56-/m1/s1. The van der Waals surface area contributed by atoms with Crippen LogP contribution in [0.3, 0.4) is 0 Å². The highest BCUT2D eigenvalue weighted by molar-refractivity contribution is 6.39. The minimum absolute atomic E-state index is 0.0191. The molecule has 15 atom stereocenters. The van der Waals surface area contributed by atoms with Gasteiger partial charge < -0.3 is 53.4 Å². The van der Waals surface area contributed by atoms with E-state index in [0.717, 1.165) is 10.5 Å². The first-order chi connectivity index (χ1) is 35.4.